The fourth-order valence-electron chi connectivity index (χ4n) is 2.23. The van der Waals surface area contributed by atoms with Crippen molar-refractivity contribution in [3.63, 3.8) is 0 Å². The fraction of sp³-hybridized carbons (Fsp3) is 1.00. The Hall–Kier alpha value is 0.0169. The standard InChI is InChI=1S/C15H36N2O3Si/c1-15(2)17-13-9-7-6-8-11-16-12-10-14-21(18-3,19-4)20-5/h15-17H,6-14H2,1-5H3. The molecule has 0 aliphatic rings. The Morgan fingerprint density at radius 2 is 1.29 bits per heavy atom. The van der Waals surface area contributed by atoms with Crippen molar-refractivity contribution in [2.24, 2.45) is 0 Å². The maximum absolute atomic E-state index is 5.40. The van der Waals surface area contributed by atoms with Gasteiger partial charge in [0.1, 0.15) is 0 Å². The van der Waals surface area contributed by atoms with E-state index in [1.54, 1.807) is 21.3 Å². The maximum atomic E-state index is 5.40. The summed E-state index contributed by atoms with van der Waals surface area (Å²) < 4.78 is 16.2. The minimum Gasteiger partial charge on any atom is -0.377 e. The molecule has 0 rings (SSSR count). The van der Waals surface area contributed by atoms with Crippen LogP contribution in [0.4, 0.5) is 0 Å². The van der Waals surface area contributed by atoms with Gasteiger partial charge in [-0.05, 0) is 38.9 Å². The summed E-state index contributed by atoms with van der Waals surface area (Å²) in [7, 11) is 2.64. The van der Waals surface area contributed by atoms with Crippen LogP contribution in [0.1, 0.15) is 46.0 Å². The summed E-state index contributed by atoms with van der Waals surface area (Å²) in [6.07, 6.45) is 6.18. The van der Waals surface area contributed by atoms with Crippen LogP contribution in [0.25, 0.3) is 0 Å². The van der Waals surface area contributed by atoms with Gasteiger partial charge in [0, 0.05) is 33.4 Å². The molecule has 6 heteroatoms. The molecule has 0 bridgehead atoms. The molecule has 0 spiro atoms. The summed E-state index contributed by atoms with van der Waals surface area (Å²) in [6.45, 7) is 7.62. The molecular formula is C15H36N2O3Si. The average molecular weight is 321 g/mol. The lowest BCUT2D eigenvalue weighted by atomic mass is 10.2. The van der Waals surface area contributed by atoms with Crippen LogP contribution in [0.15, 0.2) is 0 Å². The van der Waals surface area contributed by atoms with Gasteiger partial charge in [0.2, 0.25) is 0 Å². The molecule has 0 atom stereocenters. The minimum absolute atomic E-state index is 0.605. The summed E-state index contributed by atoms with van der Waals surface area (Å²) in [5.41, 5.74) is 0. The Morgan fingerprint density at radius 1 is 0.762 bits per heavy atom. The Morgan fingerprint density at radius 3 is 1.81 bits per heavy atom. The molecule has 0 saturated heterocycles. The van der Waals surface area contributed by atoms with Crippen molar-refractivity contribution in [1.29, 1.82) is 0 Å². The van der Waals surface area contributed by atoms with Crippen molar-refractivity contribution < 1.29 is 13.3 Å². The van der Waals surface area contributed by atoms with E-state index in [2.05, 4.69) is 24.5 Å². The minimum atomic E-state index is -2.36. The van der Waals surface area contributed by atoms with Gasteiger partial charge in [0.15, 0.2) is 0 Å². The van der Waals surface area contributed by atoms with E-state index in [0.29, 0.717) is 6.04 Å². The Bertz CT molecular complexity index is 219. The van der Waals surface area contributed by atoms with Crippen molar-refractivity contribution in [3.05, 3.63) is 0 Å². The lowest BCUT2D eigenvalue weighted by Gasteiger charge is -2.24. The third-order valence-electron chi connectivity index (χ3n) is 3.60. The number of hydrogen-bond donors (Lipinski definition) is 2. The summed E-state index contributed by atoms with van der Waals surface area (Å²) in [5, 5.41) is 6.93. The van der Waals surface area contributed by atoms with E-state index in [0.717, 1.165) is 32.1 Å². The molecule has 0 fully saturated rings. The summed E-state index contributed by atoms with van der Waals surface area (Å²) in [4.78, 5) is 0. The van der Waals surface area contributed by atoms with E-state index in [4.69, 9.17) is 13.3 Å². The number of unbranched alkanes of at least 4 members (excludes halogenated alkanes) is 3. The Kier molecular flexibility index (Phi) is 13.7. The zero-order valence-corrected chi connectivity index (χ0v) is 15.7. The summed E-state index contributed by atoms with van der Waals surface area (Å²) in [6, 6.07) is 1.47. The van der Waals surface area contributed by atoms with Crippen molar-refractivity contribution >= 4 is 8.80 Å². The van der Waals surface area contributed by atoms with E-state index < -0.39 is 8.80 Å². The van der Waals surface area contributed by atoms with Crippen LogP contribution in [-0.4, -0.2) is 55.8 Å². The maximum Gasteiger partial charge on any atom is 0.500 e. The molecule has 0 saturated carbocycles. The molecule has 0 aliphatic heterocycles. The molecule has 0 aromatic rings. The van der Waals surface area contributed by atoms with Gasteiger partial charge in [-0.15, -0.1) is 0 Å². The van der Waals surface area contributed by atoms with Gasteiger partial charge in [-0.1, -0.05) is 26.7 Å². The molecule has 0 aromatic carbocycles. The van der Waals surface area contributed by atoms with Crippen molar-refractivity contribution in [2.45, 2.75) is 58.0 Å². The van der Waals surface area contributed by atoms with Crippen molar-refractivity contribution in [3.8, 4) is 0 Å². The predicted octanol–water partition coefficient (Wildman–Crippen LogP) is 2.40. The van der Waals surface area contributed by atoms with Crippen LogP contribution in [0.5, 0.6) is 0 Å². The second kappa shape index (κ2) is 13.7. The quantitative estimate of drug-likeness (QED) is 0.358. The SMILES string of the molecule is CO[Si](CCCNCCCCCCNC(C)C)(OC)OC. The number of nitrogens with one attached hydrogen (secondary N) is 2. The molecule has 21 heavy (non-hydrogen) atoms. The smallest absolute Gasteiger partial charge is 0.377 e. The molecule has 5 nitrogen and oxygen atoms in total. The summed E-state index contributed by atoms with van der Waals surface area (Å²) >= 11 is 0. The van der Waals surface area contributed by atoms with E-state index in [1.807, 2.05) is 0 Å². The largest absolute Gasteiger partial charge is 0.500 e. The highest BCUT2D eigenvalue weighted by molar-refractivity contribution is 6.60. The van der Waals surface area contributed by atoms with Gasteiger partial charge in [-0.25, -0.2) is 0 Å². The molecule has 0 heterocycles. The lowest BCUT2D eigenvalue weighted by Crippen LogP contribution is -2.43. The highest BCUT2D eigenvalue weighted by Crippen LogP contribution is 2.14. The van der Waals surface area contributed by atoms with Gasteiger partial charge in [-0.3, -0.25) is 0 Å². The van der Waals surface area contributed by atoms with E-state index in [1.165, 1.54) is 25.7 Å². The monoisotopic (exact) mass is 320 g/mol. The van der Waals surface area contributed by atoms with Crippen molar-refractivity contribution in [2.75, 3.05) is 41.0 Å². The van der Waals surface area contributed by atoms with Gasteiger partial charge in [-0.2, -0.15) is 0 Å². The molecule has 0 amide bonds. The molecule has 2 N–H and O–H groups in total. The highest BCUT2D eigenvalue weighted by Gasteiger charge is 2.36. The molecule has 0 aliphatic carbocycles. The average Bonchev–Trinajstić information content (AvgIpc) is 2.49. The van der Waals surface area contributed by atoms with Crippen LogP contribution in [0.3, 0.4) is 0 Å². The first-order valence-corrected chi connectivity index (χ1v) is 10.1. The summed E-state index contributed by atoms with van der Waals surface area (Å²) in [5.74, 6) is 0. The zero-order chi connectivity index (χ0) is 16.0. The van der Waals surface area contributed by atoms with Gasteiger partial charge in [0.05, 0.1) is 0 Å². The van der Waals surface area contributed by atoms with E-state index >= 15 is 0 Å². The van der Waals surface area contributed by atoms with Gasteiger partial charge < -0.3 is 23.9 Å². The second-order valence-electron chi connectivity index (χ2n) is 5.67. The van der Waals surface area contributed by atoms with Crippen molar-refractivity contribution in [1.82, 2.24) is 10.6 Å². The molecule has 0 radical (unpaired) electrons. The third kappa shape index (κ3) is 11.3. The Balaban J connectivity index is 3.33. The van der Waals surface area contributed by atoms with Gasteiger partial charge >= 0.3 is 8.80 Å². The fourth-order valence-corrected chi connectivity index (χ4v) is 3.95. The van der Waals surface area contributed by atoms with Gasteiger partial charge in [0.25, 0.3) is 0 Å². The van der Waals surface area contributed by atoms with E-state index in [9.17, 15) is 0 Å². The van der Waals surface area contributed by atoms with Crippen LogP contribution in [0.2, 0.25) is 6.04 Å². The number of rotatable bonds is 15. The third-order valence-corrected chi connectivity index (χ3v) is 6.43. The normalized spacial score (nSPS) is 12.3. The molecule has 0 aromatic heterocycles. The first-order chi connectivity index (χ1) is 10.1. The Labute approximate surface area is 132 Å². The first kappa shape index (κ1) is 21.0. The topological polar surface area (TPSA) is 51.8 Å². The first-order valence-electron chi connectivity index (χ1n) is 8.19. The second-order valence-corrected chi connectivity index (χ2v) is 8.76. The number of hydrogen-bond acceptors (Lipinski definition) is 5. The van der Waals surface area contributed by atoms with E-state index in [-0.39, 0.29) is 0 Å². The zero-order valence-electron chi connectivity index (χ0n) is 14.7. The predicted molar refractivity (Wildman–Crippen MR) is 90.7 cm³/mol. The van der Waals surface area contributed by atoms with Crippen LogP contribution < -0.4 is 10.6 Å². The highest BCUT2D eigenvalue weighted by atomic mass is 28.4. The molecular weight excluding hydrogens is 284 g/mol. The van der Waals surface area contributed by atoms with Crippen LogP contribution in [-0.2, 0) is 13.3 Å². The van der Waals surface area contributed by atoms with Crippen LogP contribution >= 0.6 is 0 Å². The van der Waals surface area contributed by atoms with Crippen LogP contribution in [0, 0.1) is 0 Å². The molecule has 0 unspecified atom stereocenters. The lowest BCUT2D eigenvalue weighted by molar-refractivity contribution is 0.123. The molecule has 128 valence electrons.